The van der Waals surface area contributed by atoms with E-state index in [1.54, 1.807) is 19.4 Å². The molecule has 220 valence electrons. The first kappa shape index (κ1) is 29.3. The zero-order valence-electron chi connectivity index (χ0n) is 22.6. The summed E-state index contributed by atoms with van der Waals surface area (Å²) in [5.74, 6) is -1.21. The van der Waals surface area contributed by atoms with Crippen LogP contribution in [-0.2, 0) is 27.9 Å². The molecule has 1 aromatic carbocycles. The zero-order valence-corrected chi connectivity index (χ0v) is 24.1. The smallest absolute Gasteiger partial charge is 0.263 e. The SMILES string of the molecule is COCC1COCCN1c1cc(NC(=O)Cn2cc(-c3cc(Cl)c(O)c(C(N)=O)c3)c3c(=O)n(C)cnc32)c(Cl)cn1. The molecule has 1 saturated heterocycles. The minimum atomic E-state index is -0.899. The van der Waals surface area contributed by atoms with Crippen molar-refractivity contribution in [1.82, 2.24) is 19.1 Å². The van der Waals surface area contributed by atoms with Gasteiger partial charge in [0.15, 0.2) is 0 Å². The number of pyridine rings is 1. The van der Waals surface area contributed by atoms with Gasteiger partial charge in [0.2, 0.25) is 5.91 Å². The quantitative estimate of drug-likeness (QED) is 0.269. The number of hydrogen-bond donors (Lipinski definition) is 3. The fourth-order valence-corrected chi connectivity index (χ4v) is 5.23. The van der Waals surface area contributed by atoms with E-state index in [4.69, 9.17) is 38.4 Å². The van der Waals surface area contributed by atoms with E-state index < -0.39 is 23.1 Å². The number of phenols is 1. The van der Waals surface area contributed by atoms with Gasteiger partial charge in [0, 0.05) is 38.5 Å². The normalized spacial score (nSPS) is 15.2. The van der Waals surface area contributed by atoms with Crippen molar-refractivity contribution in [2.24, 2.45) is 12.8 Å². The van der Waals surface area contributed by atoms with Crippen LogP contribution in [0, 0.1) is 0 Å². The lowest BCUT2D eigenvalue weighted by molar-refractivity contribution is -0.116. The summed E-state index contributed by atoms with van der Waals surface area (Å²) >= 11 is 12.6. The van der Waals surface area contributed by atoms with Crippen molar-refractivity contribution in [1.29, 1.82) is 0 Å². The summed E-state index contributed by atoms with van der Waals surface area (Å²) in [5, 5.41) is 13.3. The standard InChI is InChI=1S/C27H27Cl2N7O6/c1-34-13-32-26-23(27(34)40)17(14-5-16(25(30)39)24(38)18(28)6-14)9-35(26)10-22(37)33-20-7-21(31-8-19(20)29)36-3-4-42-12-15(36)11-41-2/h5-9,13,15,38H,3-4,10-12H2,1-2H3,(H2,30,39)(H,31,33,37). The topological polar surface area (TPSA) is 167 Å². The number of anilines is 2. The number of amides is 2. The molecular weight excluding hydrogens is 589 g/mol. The number of nitrogens with two attached hydrogens (primary N) is 1. The average Bonchev–Trinajstić information content (AvgIpc) is 3.32. The first-order chi connectivity index (χ1) is 20.1. The molecule has 1 aliphatic rings. The molecule has 4 heterocycles. The van der Waals surface area contributed by atoms with E-state index in [0.717, 1.165) is 0 Å². The van der Waals surface area contributed by atoms with Gasteiger partial charge in [-0.3, -0.25) is 14.4 Å². The zero-order chi connectivity index (χ0) is 30.1. The molecule has 0 saturated carbocycles. The number of halogens is 2. The highest BCUT2D eigenvalue weighted by Crippen LogP contribution is 2.36. The minimum absolute atomic E-state index is 0.0530. The summed E-state index contributed by atoms with van der Waals surface area (Å²) in [6.45, 7) is 1.79. The van der Waals surface area contributed by atoms with Gasteiger partial charge < -0.3 is 39.7 Å². The van der Waals surface area contributed by atoms with Gasteiger partial charge >= 0.3 is 0 Å². The van der Waals surface area contributed by atoms with E-state index in [-0.39, 0.29) is 39.2 Å². The summed E-state index contributed by atoms with van der Waals surface area (Å²) in [4.78, 5) is 49.2. The molecule has 1 fully saturated rings. The van der Waals surface area contributed by atoms with Gasteiger partial charge in [-0.25, -0.2) is 9.97 Å². The Hall–Kier alpha value is -4.17. The van der Waals surface area contributed by atoms with Gasteiger partial charge in [0.1, 0.15) is 23.8 Å². The summed E-state index contributed by atoms with van der Waals surface area (Å²) in [5.41, 5.74) is 6.06. The van der Waals surface area contributed by atoms with Crippen molar-refractivity contribution >= 4 is 57.6 Å². The molecule has 0 aliphatic carbocycles. The third kappa shape index (κ3) is 5.63. The van der Waals surface area contributed by atoms with Crippen LogP contribution in [0.4, 0.5) is 11.5 Å². The second kappa shape index (κ2) is 12.0. The number of ether oxygens (including phenoxy) is 2. The maximum Gasteiger partial charge on any atom is 0.263 e. The van der Waals surface area contributed by atoms with Crippen LogP contribution >= 0.6 is 23.2 Å². The second-order valence-electron chi connectivity index (χ2n) is 9.70. The fourth-order valence-electron chi connectivity index (χ4n) is 4.86. The molecular formula is C27H27Cl2N7O6. The van der Waals surface area contributed by atoms with Crippen LogP contribution < -0.4 is 21.5 Å². The largest absolute Gasteiger partial charge is 0.506 e. The number of primary amides is 1. The number of benzene rings is 1. The minimum Gasteiger partial charge on any atom is -0.506 e. The Kier molecular flexibility index (Phi) is 8.36. The molecule has 2 amide bonds. The predicted molar refractivity (Wildman–Crippen MR) is 157 cm³/mol. The number of aromatic nitrogens is 4. The summed E-state index contributed by atoms with van der Waals surface area (Å²) in [7, 11) is 3.15. The van der Waals surface area contributed by atoms with Gasteiger partial charge in [-0.1, -0.05) is 23.2 Å². The van der Waals surface area contributed by atoms with Crippen molar-refractivity contribution in [2.45, 2.75) is 12.6 Å². The lowest BCUT2D eigenvalue weighted by atomic mass is 10.0. The van der Waals surface area contributed by atoms with Crippen LogP contribution in [0.3, 0.4) is 0 Å². The molecule has 5 rings (SSSR count). The molecule has 1 aliphatic heterocycles. The van der Waals surface area contributed by atoms with Crippen molar-refractivity contribution < 1.29 is 24.2 Å². The first-order valence-corrected chi connectivity index (χ1v) is 13.5. The lowest BCUT2D eigenvalue weighted by Gasteiger charge is -2.36. The van der Waals surface area contributed by atoms with E-state index in [9.17, 15) is 19.5 Å². The summed E-state index contributed by atoms with van der Waals surface area (Å²) in [6.07, 6.45) is 4.35. The molecule has 13 nitrogen and oxygen atoms in total. The van der Waals surface area contributed by atoms with Crippen LogP contribution in [0.15, 0.2) is 41.7 Å². The van der Waals surface area contributed by atoms with E-state index >= 15 is 0 Å². The maximum atomic E-state index is 13.3. The number of fused-ring (bicyclic) bond motifs is 1. The van der Waals surface area contributed by atoms with Crippen molar-refractivity contribution in [3.05, 3.63) is 62.9 Å². The Morgan fingerprint density at radius 2 is 2.02 bits per heavy atom. The van der Waals surface area contributed by atoms with Gasteiger partial charge in [-0.2, -0.15) is 0 Å². The Labute approximate surface area is 249 Å². The molecule has 0 bridgehead atoms. The molecule has 4 N–H and O–H groups in total. The van der Waals surface area contributed by atoms with Crippen molar-refractivity contribution in [2.75, 3.05) is 43.7 Å². The number of morpholine rings is 1. The van der Waals surface area contributed by atoms with Crippen molar-refractivity contribution in [3.8, 4) is 16.9 Å². The number of nitrogens with one attached hydrogen (secondary N) is 1. The van der Waals surface area contributed by atoms with E-state index in [0.29, 0.717) is 49.0 Å². The number of aryl methyl sites for hydroxylation is 1. The van der Waals surface area contributed by atoms with E-state index in [1.807, 2.05) is 4.90 Å². The second-order valence-corrected chi connectivity index (χ2v) is 10.5. The highest BCUT2D eigenvalue weighted by Gasteiger charge is 2.25. The third-order valence-electron chi connectivity index (χ3n) is 6.89. The Morgan fingerprint density at radius 3 is 2.76 bits per heavy atom. The molecule has 42 heavy (non-hydrogen) atoms. The molecule has 4 aromatic rings. The summed E-state index contributed by atoms with van der Waals surface area (Å²) < 4.78 is 13.7. The number of hydrogen-bond acceptors (Lipinski definition) is 9. The number of carbonyl (C=O) groups excluding carboxylic acids is 2. The number of rotatable bonds is 8. The van der Waals surface area contributed by atoms with Crippen LogP contribution in [0.5, 0.6) is 5.75 Å². The van der Waals surface area contributed by atoms with Crippen molar-refractivity contribution in [3.63, 3.8) is 0 Å². The van der Waals surface area contributed by atoms with Gasteiger partial charge in [-0.15, -0.1) is 0 Å². The van der Waals surface area contributed by atoms with Gasteiger partial charge in [-0.05, 0) is 17.7 Å². The predicted octanol–water partition coefficient (Wildman–Crippen LogP) is 2.40. The first-order valence-electron chi connectivity index (χ1n) is 12.7. The van der Waals surface area contributed by atoms with Crippen LogP contribution in [0.25, 0.3) is 22.2 Å². The van der Waals surface area contributed by atoms with Gasteiger partial charge in [0.25, 0.3) is 11.5 Å². The highest BCUT2D eigenvalue weighted by molar-refractivity contribution is 6.34. The third-order valence-corrected chi connectivity index (χ3v) is 7.48. The van der Waals surface area contributed by atoms with Crippen LogP contribution in [0.2, 0.25) is 10.0 Å². The lowest BCUT2D eigenvalue weighted by Crippen LogP contribution is -2.48. The number of methoxy groups -OCH3 is 1. The molecule has 0 radical (unpaired) electrons. The Bertz CT molecular complexity index is 1750. The van der Waals surface area contributed by atoms with Crippen LogP contribution in [0.1, 0.15) is 10.4 Å². The maximum absolute atomic E-state index is 13.3. The molecule has 15 heteroatoms. The van der Waals surface area contributed by atoms with E-state index in [2.05, 4.69) is 15.3 Å². The Balaban J connectivity index is 1.48. The fraction of sp³-hybridized carbons (Fsp3) is 0.296. The molecule has 0 spiro atoms. The molecule has 1 atom stereocenters. The van der Waals surface area contributed by atoms with E-state index in [1.165, 1.54) is 40.8 Å². The van der Waals surface area contributed by atoms with Crippen LogP contribution in [-0.4, -0.2) is 75.5 Å². The summed E-state index contributed by atoms with van der Waals surface area (Å²) in [6, 6.07) is 4.36. The Morgan fingerprint density at radius 1 is 1.24 bits per heavy atom. The number of aromatic hydroxyl groups is 1. The molecule has 1 unspecified atom stereocenters. The highest BCUT2D eigenvalue weighted by atomic mass is 35.5. The van der Waals surface area contributed by atoms with Gasteiger partial charge in [0.05, 0.1) is 65.1 Å². The number of nitrogens with zero attached hydrogens (tertiary/aromatic N) is 5. The average molecular weight is 616 g/mol. The molecule has 3 aromatic heterocycles. The number of carbonyl (C=O) groups is 2. The monoisotopic (exact) mass is 615 g/mol.